The Kier molecular flexibility index (Phi) is 6.80. The molecule has 0 aromatic carbocycles. The van der Waals surface area contributed by atoms with Crippen LogP contribution in [0.5, 0.6) is 0 Å². The van der Waals surface area contributed by atoms with Crippen LogP contribution in [0, 0.1) is 5.92 Å². The molecule has 4 heteroatoms. The summed E-state index contributed by atoms with van der Waals surface area (Å²) in [6.45, 7) is 5.44. The van der Waals surface area contributed by atoms with E-state index in [0.717, 1.165) is 19.4 Å². The van der Waals surface area contributed by atoms with Gasteiger partial charge in [0.05, 0.1) is 0 Å². The Morgan fingerprint density at radius 2 is 2.14 bits per heavy atom. The molecule has 0 aromatic rings. The van der Waals surface area contributed by atoms with Gasteiger partial charge in [0.2, 0.25) is 12.3 Å². The Hall–Kier alpha value is -1.06. The van der Waals surface area contributed by atoms with Crippen LogP contribution < -0.4 is 5.32 Å². The first-order valence-corrected chi connectivity index (χ1v) is 4.98. The zero-order valence-corrected chi connectivity index (χ0v) is 9.25. The van der Waals surface area contributed by atoms with Gasteiger partial charge >= 0.3 is 0 Å². The number of nitrogens with zero attached hydrogens (tertiary/aromatic N) is 1. The van der Waals surface area contributed by atoms with Crippen molar-refractivity contribution in [3.8, 4) is 0 Å². The van der Waals surface area contributed by atoms with E-state index in [0.29, 0.717) is 18.9 Å². The molecule has 0 atom stereocenters. The first-order chi connectivity index (χ1) is 6.56. The third-order valence-corrected chi connectivity index (χ3v) is 1.92. The average Bonchev–Trinajstić information content (AvgIpc) is 2.13. The van der Waals surface area contributed by atoms with Crippen LogP contribution >= 0.6 is 0 Å². The molecule has 0 rings (SSSR count). The number of hydrogen-bond acceptors (Lipinski definition) is 2. The summed E-state index contributed by atoms with van der Waals surface area (Å²) in [6.07, 6.45) is 2.10. The molecular formula is C10H20N2O2. The van der Waals surface area contributed by atoms with Crippen LogP contribution in [0.3, 0.4) is 0 Å². The second-order valence-corrected chi connectivity index (χ2v) is 3.87. The number of rotatable bonds is 7. The lowest BCUT2D eigenvalue weighted by molar-refractivity contribution is -0.122. The molecule has 0 saturated carbocycles. The summed E-state index contributed by atoms with van der Waals surface area (Å²) in [6, 6.07) is 0. The van der Waals surface area contributed by atoms with Gasteiger partial charge in [-0.15, -0.1) is 0 Å². The quantitative estimate of drug-likeness (QED) is 0.613. The summed E-state index contributed by atoms with van der Waals surface area (Å²) in [4.78, 5) is 22.9. The molecule has 14 heavy (non-hydrogen) atoms. The molecule has 2 amide bonds. The Bertz CT molecular complexity index is 181. The average molecular weight is 200 g/mol. The first kappa shape index (κ1) is 12.9. The fourth-order valence-corrected chi connectivity index (χ4v) is 0.919. The van der Waals surface area contributed by atoms with E-state index in [1.807, 2.05) is 0 Å². The molecule has 0 spiro atoms. The second-order valence-electron chi connectivity index (χ2n) is 3.87. The van der Waals surface area contributed by atoms with Crippen LogP contribution in [0.1, 0.15) is 26.7 Å². The van der Waals surface area contributed by atoms with Gasteiger partial charge in [0.25, 0.3) is 0 Å². The van der Waals surface area contributed by atoms with Crippen molar-refractivity contribution >= 4 is 12.3 Å². The highest BCUT2D eigenvalue weighted by atomic mass is 16.2. The fraction of sp³-hybridized carbons (Fsp3) is 0.800. The van der Waals surface area contributed by atoms with E-state index in [-0.39, 0.29) is 5.91 Å². The fourth-order valence-electron chi connectivity index (χ4n) is 0.919. The summed E-state index contributed by atoms with van der Waals surface area (Å²) < 4.78 is 0. The van der Waals surface area contributed by atoms with Crippen LogP contribution in [0.4, 0.5) is 0 Å². The summed E-state index contributed by atoms with van der Waals surface area (Å²) in [5.74, 6) is 0.618. The summed E-state index contributed by atoms with van der Waals surface area (Å²) in [5.41, 5.74) is 0. The largest absolute Gasteiger partial charge is 0.356 e. The van der Waals surface area contributed by atoms with Gasteiger partial charge in [-0.2, -0.15) is 0 Å². The standard InChI is InChI=1S/C10H20N2O2/c1-9(2)4-6-11-10(14)5-7-12(3)8-13/h8-9H,4-7H2,1-3H3,(H,11,14). The van der Waals surface area contributed by atoms with Crippen molar-refractivity contribution in [1.82, 2.24) is 10.2 Å². The molecule has 0 fully saturated rings. The van der Waals surface area contributed by atoms with Crippen LogP contribution in [0.15, 0.2) is 0 Å². The van der Waals surface area contributed by atoms with Gasteiger partial charge in [0.1, 0.15) is 0 Å². The van der Waals surface area contributed by atoms with Crippen molar-refractivity contribution in [3.05, 3.63) is 0 Å². The molecule has 0 aliphatic carbocycles. The normalized spacial score (nSPS) is 10.0. The maximum Gasteiger partial charge on any atom is 0.221 e. The van der Waals surface area contributed by atoms with Crippen molar-refractivity contribution in [3.63, 3.8) is 0 Å². The number of nitrogens with one attached hydrogen (secondary N) is 1. The van der Waals surface area contributed by atoms with Crippen molar-refractivity contribution < 1.29 is 9.59 Å². The van der Waals surface area contributed by atoms with Crippen LogP contribution in [-0.2, 0) is 9.59 Å². The van der Waals surface area contributed by atoms with Gasteiger partial charge in [0, 0.05) is 26.6 Å². The predicted octanol–water partition coefficient (Wildman–Crippen LogP) is 0.627. The lowest BCUT2D eigenvalue weighted by Crippen LogP contribution is -2.29. The van der Waals surface area contributed by atoms with Crippen molar-refractivity contribution in [2.75, 3.05) is 20.1 Å². The molecule has 0 unspecified atom stereocenters. The monoisotopic (exact) mass is 200 g/mol. The van der Waals surface area contributed by atoms with Gasteiger partial charge in [-0.1, -0.05) is 13.8 Å². The van der Waals surface area contributed by atoms with E-state index in [2.05, 4.69) is 19.2 Å². The zero-order chi connectivity index (χ0) is 11.0. The molecule has 0 heterocycles. The maximum absolute atomic E-state index is 11.2. The lowest BCUT2D eigenvalue weighted by Gasteiger charge is -2.10. The molecule has 0 saturated heterocycles. The summed E-state index contributed by atoms with van der Waals surface area (Å²) in [5, 5.41) is 2.81. The number of carbonyl (C=O) groups is 2. The highest BCUT2D eigenvalue weighted by Crippen LogP contribution is 1.96. The summed E-state index contributed by atoms with van der Waals surface area (Å²) in [7, 11) is 1.66. The van der Waals surface area contributed by atoms with Gasteiger partial charge < -0.3 is 10.2 Å². The smallest absolute Gasteiger partial charge is 0.221 e. The van der Waals surface area contributed by atoms with E-state index < -0.39 is 0 Å². The Labute approximate surface area is 85.7 Å². The maximum atomic E-state index is 11.2. The van der Waals surface area contributed by atoms with Gasteiger partial charge in [-0.05, 0) is 12.3 Å². The van der Waals surface area contributed by atoms with E-state index in [1.165, 1.54) is 4.90 Å². The molecule has 4 nitrogen and oxygen atoms in total. The van der Waals surface area contributed by atoms with Crippen molar-refractivity contribution in [2.24, 2.45) is 5.92 Å². The van der Waals surface area contributed by atoms with Gasteiger partial charge in [0.15, 0.2) is 0 Å². The predicted molar refractivity (Wildman–Crippen MR) is 55.8 cm³/mol. The van der Waals surface area contributed by atoms with Crippen molar-refractivity contribution in [2.45, 2.75) is 26.7 Å². The third-order valence-electron chi connectivity index (χ3n) is 1.92. The Morgan fingerprint density at radius 3 is 2.64 bits per heavy atom. The minimum atomic E-state index is 0.0133. The lowest BCUT2D eigenvalue weighted by atomic mass is 10.1. The van der Waals surface area contributed by atoms with E-state index in [1.54, 1.807) is 7.05 Å². The zero-order valence-electron chi connectivity index (χ0n) is 9.25. The SMILES string of the molecule is CC(C)CCNC(=O)CCN(C)C=O. The molecule has 82 valence electrons. The van der Waals surface area contributed by atoms with Crippen LogP contribution in [0.2, 0.25) is 0 Å². The Morgan fingerprint density at radius 1 is 1.50 bits per heavy atom. The number of carbonyl (C=O) groups excluding carboxylic acids is 2. The second kappa shape index (κ2) is 7.35. The highest BCUT2D eigenvalue weighted by molar-refractivity contribution is 5.76. The topological polar surface area (TPSA) is 49.4 Å². The van der Waals surface area contributed by atoms with Gasteiger partial charge in [-0.3, -0.25) is 9.59 Å². The number of hydrogen-bond donors (Lipinski definition) is 1. The molecule has 0 bridgehead atoms. The van der Waals surface area contributed by atoms with E-state index in [4.69, 9.17) is 0 Å². The van der Waals surface area contributed by atoms with Crippen molar-refractivity contribution in [1.29, 1.82) is 0 Å². The minimum Gasteiger partial charge on any atom is -0.356 e. The van der Waals surface area contributed by atoms with E-state index >= 15 is 0 Å². The first-order valence-electron chi connectivity index (χ1n) is 4.98. The highest BCUT2D eigenvalue weighted by Gasteiger charge is 2.02. The third kappa shape index (κ3) is 7.58. The van der Waals surface area contributed by atoms with E-state index in [9.17, 15) is 9.59 Å². The summed E-state index contributed by atoms with van der Waals surface area (Å²) >= 11 is 0. The molecule has 0 radical (unpaired) electrons. The molecule has 0 aliphatic heterocycles. The molecular weight excluding hydrogens is 180 g/mol. The minimum absolute atomic E-state index is 0.0133. The van der Waals surface area contributed by atoms with Crippen LogP contribution in [-0.4, -0.2) is 37.4 Å². The van der Waals surface area contributed by atoms with Gasteiger partial charge in [-0.25, -0.2) is 0 Å². The van der Waals surface area contributed by atoms with Crippen LogP contribution in [0.25, 0.3) is 0 Å². The molecule has 0 aliphatic rings. The Balaban J connectivity index is 3.41. The number of amides is 2. The molecule has 0 aromatic heterocycles. The molecule has 1 N–H and O–H groups in total.